The van der Waals surface area contributed by atoms with Gasteiger partial charge in [-0.1, -0.05) is 19.1 Å². The van der Waals surface area contributed by atoms with E-state index in [0.717, 1.165) is 37.7 Å². The molecule has 6 nitrogen and oxygen atoms in total. The fourth-order valence-electron chi connectivity index (χ4n) is 4.42. The maximum atomic E-state index is 14.7. The Morgan fingerprint density at radius 2 is 1.97 bits per heavy atom. The van der Waals surface area contributed by atoms with Crippen molar-refractivity contribution in [3.8, 4) is 5.88 Å². The fourth-order valence-corrected chi connectivity index (χ4v) is 4.42. The summed E-state index contributed by atoms with van der Waals surface area (Å²) in [5, 5.41) is 3.66. The third-order valence-electron chi connectivity index (χ3n) is 6.09. The Labute approximate surface area is 195 Å². The molecule has 3 aromatic rings. The van der Waals surface area contributed by atoms with E-state index in [9.17, 15) is 17.6 Å². The van der Waals surface area contributed by atoms with E-state index in [1.807, 2.05) is 6.07 Å². The second kappa shape index (κ2) is 9.23. The van der Waals surface area contributed by atoms with Gasteiger partial charge in [0.1, 0.15) is 23.1 Å². The number of hydrogen-bond acceptors (Lipinski definition) is 6. The standard InChI is InChI=1S/C24H27F4N5O/c1-13-7-6-10-33(12-13)19-11-17-21(30-15(3)31-22(17)32-23(19)34-4)29-14(2)16-8-5-9-18(20(16)25)24(26,27)28/h5,8-9,11,13-14H,6-7,10,12H2,1-4H3,(H,29,30,31,32)/t13-,14+/m0/s1. The summed E-state index contributed by atoms with van der Waals surface area (Å²) < 4.78 is 59.9. The Kier molecular flexibility index (Phi) is 6.51. The van der Waals surface area contributed by atoms with Crippen molar-refractivity contribution in [2.75, 3.05) is 30.4 Å². The Balaban J connectivity index is 1.76. The molecule has 1 saturated heterocycles. The van der Waals surface area contributed by atoms with Crippen molar-refractivity contribution in [1.29, 1.82) is 0 Å². The molecule has 0 bridgehead atoms. The minimum Gasteiger partial charge on any atom is -0.479 e. The summed E-state index contributed by atoms with van der Waals surface area (Å²) in [7, 11) is 1.55. The van der Waals surface area contributed by atoms with Gasteiger partial charge in [0, 0.05) is 18.7 Å². The maximum absolute atomic E-state index is 14.7. The number of anilines is 2. The Bertz CT molecular complexity index is 1200. The number of aryl methyl sites for hydroxylation is 1. The number of piperidine rings is 1. The molecule has 34 heavy (non-hydrogen) atoms. The Hall–Kier alpha value is -3.17. The number of nitrogens with one attached hydrogen (secondary N) is 1. The molecule has 182 valence electrons. The highest BCUT2D eigenvalue weighted by Crippen LogP contribution is 2.37. The number of hydrogen-bond donors (Lipinski definition) is 1. The van der Waals surface area contributed by atoms with Crippen molar-refractivity contribution in [1.82, 2.24) is 15.0 Å². The zero-order valence-electron chi connectivity index (χ0n) is 19.5. The molecule has 0 spiro atoms. The molecule has 2 atom stereocenters. The van der Waals surface area contributed by atoms with Crippen LogP contribution in [-0.4, -0.2) is 35.2 Å². The predicted octanol–water partition coefficient (Wildman–Crippen LogP) is 5.91. The van der Waals surface area contributed by atoms with Crippen molar-refractivity contribution in [3.63, 3.8) is 0 Å². The molecule has 3 heterocycles. The molecule has 1 aliphatic heterocycles. The Morgan fingerprint density at radius 1 is 1.21 bits per heavy atom. The third kappa shape index (κ3) is 4.71. The number of alkyl halides is 3. The van der Waals surface area contributed by atoms with Crippen molar-refractivity contribution in [2.45, 2.75) is 45.8 Å². The van der Waals surface area contributed by atoms with E-state index in [0.29, 0.717) is 34.5 Å². The van der Waals surface area contributed by atoms with Crippen LogP contribution in [0.25, 0.3) is 11.0 Å². The topological polar surface area (TPSA) is 63.2 Å². The van der Waals surface area contributed by atoms with Crippen LogP contribution in [0.2, 0.25) is 0 Å². The van der Waals surface area contributed by atoms with Crippen LogP contribution in [0, 0.1) is 18.7 Å². The largest absolute Gasteiger partial charge is 0.479 e. The van der Waals surface area contributed by atoms with Gasteiger partial charge in [0.05, 0.1) is 24.1 Å². The molecule has 10 heteroatoms. The first-order valence-electron chi connectivity index (χ1n) is 11.2. The van der Waals surface area contributed by atoms with Gasteiger partial charge in [-0.15, -0.1) is 0 Å². The quantitative estimate of drug-likeness (QED) is 0.461. The van der Waals surface area contributed by atoms with Gasteiger partial charge < -0.3 is 15.0 Å². The van der Waals surface area contributed by atoms with Gasteiger partial charge in [-0.25, -0.2) is 14.4 Å². The van der Waals surface area contributed by atoms with Crippen LogP contribution in [0.3, 0.4) is 0 Å². The molecule has 4 rings (SSSR count). The minimum atomic E-state index is -4.78. The number of ether oxygens (including phenoxy) is 1. The Morgan fingerprint density at radius 3 is 2.65 bits per heavy atom. The summed E-state index contributed by atoms with van der Waals surface area (Å²) in [6, 6.07) is 4.36. The average molecular weight is 478 g/mol. The van der Waals surface area contributed by atoms with E-state index in [-0.39, 0.29) is 5.56 Å². The van der Waals surface area contributed by atoms with Crippen molar-refractivity contribution >= 4 is 22.5 Å². The summed E-state index contributed by atoms with van der Waals surface area (Å²) >= 11 is 0. The smallest absolute Gasteiger partial charge is 0.419 e. The van der Waals surface area contributed by atoms with E-state index in [2.05, 4.69) is 32.1 Å². The monoisotopic (exact) mass is 477 g/mol. The molecule has 1 fully saturated rings. The van der Waals surface area contributed by atoms with E-state index in [1.165, 1.54) is 12.1 Å². The lowest BCUT2D eigenvalue weighted by Gasteiger charge is -2.33. The van der Waals surface area contributed by atoms with Gasteiger partial charge in [0.25, 0.3) is 0 Å². The number of fused-ring (bicyclic) bond motifs is 1. The lowest BCUT2D eigenvalue weighted by Crippen LogP contribution is -2.34. The highest BCUT2D eigenvalue weighted by Gasteiger charge is 2.35. The SMILES string of the molecule is COc1nc2nc(C)nc(N[C@H](C)c3cccc(C(F)(F)F)c3F)c2cc1N1CCC[C@H](C)C1. The fraction of sp³-hybridized carbons (Fsp3) is 0.458. The number of aromatic nitrogens is 3. The molecule has 1 N–H and O–H groups in total. The van der Waals surface area contributed by atoms with Crippen LogP contribution in [0.5, 0.6) is 5.88 Å². The summed E-state index contributed by atoms with van der Waals surface area (Å²) in [5.74, 6) is 0.453. The molecule has 0 amide bonds. The highest BCUT2D eigenvalue weighted by atomic mass is 19.4. The first-order valence-corrected chi connectivity index (χ1v) is 11.2. The third-order valence-corrected chi connectivity index (χ3v) is 6.09. The number of pyridine rings is 1. The average Bonchev–Trinajstić information content (AvgIpc) is 2.77. The van der Waals surface area contributed by atoms with Gasteiger partial charge >= 0.3 is 6.18 Å². The number of benzene rings is 1. The van der Waals surface area contributed by atoms with Crippen LogP contribution >= 0.6 is 0 Å². The molecular weight excluding hydrogens is 450 g/mol. The zero-order valence-corrected chi connectivity index (χ0v) is 19.5. The van der Waals surface area contributed by atoms with E-state index >= 15 is 0 Å². The van der Waals surface area contributed by atoms with Crippen molar-refractivity contribution in [3.05, 3.63) is 47.0 Å². The molecule has 0 unspecified atom stereocenters. The first-order chi connectivity index (χ1) is 16.1. The molecule has 1 aromatic carbocycles. The lowest BCUT2D eigenvalue weighted by atomic mass is 10.00. The molecule has 0 radical (unpaired) electrons. The highest BCUT2D eigenvalue weighted by molar-refractivity contribution is 5.90. The molecule has 0 saturated carbocycles. The van der Waals surface area contributed by atoms with Crippen LogP contribution in [0.4, 0.5) is 29.1 Å². The van der Waals surface area contributed by atoms with Gasteiger partial charge in [0.2, 0.25) is 5.88 Å². The zero-order chi connectivity index (χ0) is 24.6. The molecular formula is C24H27F4N5O. The minimum absolute atomic E-state index is 0.106. The predicted molar refractivity (Wildman–Crippen MR) is 123 cm³/mol. The lowest BCUT2D eigenvalue weighted by molar-refractivity contribution is -0.140. The van der Waals surface area contributed by atoms with Gasteiger partial charge in [-0.3, -0.25) is 0 Å². The molecule has 1 aliphatic rings. The second-order valence-corrected chi connectivity index (χ2v) is 8.77. The summed E-state index contributed by atoms with van der Waals surface area (Å²) in [6.07, 6.45) is -2.59. The number of rotatable bonds is 5. The van der Waals surface area contributed by atoms with E-state index < -0.39 is 23.6 Å². The van der Waals surface area contributed by atoms with Crippen molar-refractivity contribution < 1.29 is 22.3 Å². The van der Waals surface area contributed by atoms with Gasteiger partial charge in [-0.05, 0) is 44.7 Å². The van der Waals surface area contributed by atoms with Crippen LogP contribution in [-0.2, 0) is 6.18 Å². The first kappa shape index (κ1) is 24.0. The van der Waals surface area contributed by atoms with Crippen molar-refractivity contribution in [2.24, 2.45) is 5.92 Å². The van der Waals surface area contributed by atoms with Crippen LogP contribution in [0.15, 0.2) is 24.3 Å². The molecule has 2 aromatic heterocycles. The van der Waals surface area contributed by atoms with Gasteiger partial charge in [0.15, 0.2) is 5.65 Å². The van der Waals surface area contributed by atoms with E-state index in [1.54, 1.807) is 21.0 Å². The van der Waals surface area contributed by atoms with Crippen LogP contribution < -0.4 is 15.0 Å². The molecule has 0 aliphatic carbocycles. The van der Waals surface area contributed by atoms with E-state index in [4.69, 9.17) is 4.74 Å². The van der Waals surface area contributed by atoms with Crippen LogP contribution in [0.1, 0.15) is 49.7 Å². The summed E-state index contributed by atoms with van der Waals surface area (Å²) in [5.41, 5.74) is -0.214. The van der Waals surface area contributed by atoms with Gasteiger partial charge in [-0.2, -0.15) is 18.2 Å². The summed E-state index contributed by atoms with van der Waals surface area (Å²) in [4.78, 5) is 15.7. The maximum Gasteiger partial charge on any atom is 0.419 e. The second-order valence-electron chi connectivity index (χ2n) is 8.77. The number of methoxy groups -OCH3 is 1. The number of nitrogens with zero attached hydrogens (tertiary/aromatic N) is 4. The summed E-state index contributed by atoms with van der Waals surface area (Å²) in [6.45, 7) is 7.18. The number of halogens is 4. The normalized spacial score (nSPS) is 17.6.